The molecule has 0 aromatic heterocycles. The summed E-state index contributed by atoms with van der Waals surface area (Å²) in [6.07, 6.45) is -3.04. The van der Waals surface area contributed by atoms with Crippen LogP contribution in [0.25, 0.3) is 0 Å². The van der Waals surface area contributed by atoms with E-state index in [4.69, 9.17) is 0 Å². The van der Waals surface area contributed by atoms with Gasteiger partial charge in [0.1, 0.15) is 12.1 Å². The molecule has 2 N–H and O–H groups in total. The van der Waals surface area contributed by atoms with Gasteiger partial charge in [-0.15, -0.1) is 6.58 Å². The minimum Gasteiger partial charge on any atom is -0.342 e. The quantitative estimate of drug-likeness (QED) is 0.592. The Labute approximate surface area is 186 Å². The Hall–Kier alpha value is -2.84. The third-order valence-corrected chi connectivity index (χ3v) is 5.58. The fraction of sp³-hybridized carbons (Fsp3) is 0.522. The topological polar surface area (TPSA) is 78.5 Å². The second-order valence-electron chi connectivity index (χ2n) is 8.28. The number of fused-ring (bicyclic) bond motifs is 1. The Balaban J connectivity index is 2.26. The number of nitrogens with one attached hydrogen (secondary N) is 2. The van der Waals surface area contributed by atoms with Crippen molar-refractivity contribution in [2.45, 2.75) is 64.7 Å². The monoisotopic (exact) mass is 453 g/mol. The van der Waals surface area contributed by atoms with Crippen LogP contribution in [0.5, 0.6) is 0 Å². The summed E-state index contributed by atoms with van der Waals surface area (Å²) >= 11 is 0. The van der Waals surface area contributed by atoms with Gasteiger partial charge in [-0.05, 0) is 43.7 Å². The summed E-state index contributed by atoms with van der Waals surface area (Å²) in [7, 11) is 0. The summed E-state index contributed by atoms with van der Waals surface area (Å²) < 4.78 is 38.3. The summed E-state index contributed by atoms with van der Waals surface area (Å²) in [6, 6.07) is 5.04. The van der Waals surface area contributed by atoms with Crippen molar-refractivity contribution in [1.82, 2.24) is 10.6 Å². The third-order valence-electron chi connectivity index (χ3n) is 5.58. The van der Waals surface area contributed by atoms with Crippen LogP contribution in [0.2, 0.25) is 0 Å². The molecule has 1 aliphatic heterocycles. The van der Waals surface area contributed by atoms with Gasteiger partial charge in [0.25, 0.3) is 0 Å². The molecule has 176 valence electrons. The van der Waals surface area contributed by atoms with Crippen molar-refractivity contribution in [2.24, 2.45) is 5.92 Å². The van der Waals surface area contributed by atoms with E-state index in [1.165, 1.54) is 0 Å². The smallest absolute Gasteiger partial charge is 0.342 e. The fourth-order valence-electron chi connectivity index (χ4n) is 3.69. The predicted molar refractivity (Wildman–Crippen MR) is 116 cm³/mol. The summed E-state index contributed by atoms with van der Waals surface area (Å²) in [5, 5.41) is 4.35. The van der Waals surface area contributed by atoms with Crippen LogP contribution >= 0.6 is 0 Å². The Kier molecular flexibility index (Phi) is 8.46. The number of carbonyl (C=O) groups is 3. The molecule has 3 amide bonds. The molecule has 3 atom stereocenters. The summed E-state index contributed by atoms with van der Waals surface area (Å²) in [5.74, 6) is -3.95. The van der Waals surface area contributed by atoms with Crippen LogP contribution in [0.1, 0.15) is 45.6 Å². The van der Waals surface area contributed by atoms with E-state index in [1.807, 2.05) is 24.3 Å². The number of hydrogen-bond donors (Lipinski definition) is 2. The van der Waals surface area contributed by atoms with Crippen molar-refractivity contribution in [2.75, 3.05) is 11.4 Å². The highest BCUT2D eigenvalue weighted by atomic mass is 19.4. The minimum absolute atomic E-state index is 0.129. The van der Waals surface area contributed by atoms with Crippen LogP contribution in [0.15, 0.2) is 36.4 Å². The highest BCUT2D eigenvalue weighted by Crippen LogP contribution is 2.28. The van der Waals surface area contributed by atoms with Crippen LogP contribution in [-0.4, -0.2) is 42.5 Å². The number of hydrogen-bond acceptors (Lipinski definition) is 3. The molecule has 0 saturated heterocycles. The SMILES string of the molecule is C=C(C)C[C@@H](NC(=O)[C@@H](NC(=O)C(F)(F)F)[C@@H](C)CC)C(=O)N1CCCc2ccccc21. The maximum absolute atomic E-state index is 13.4. The Morgan fingerprint density at radius 2 is 1.84 bits per heavy atom. The first-order chi connectivity index (χ1) is 15.0. The molecule has 1 aliphatic rings. The Bertz CT molecular complexity index is 870. The lowest BCUT2D eigenvalue weighted by molar-refractivity contribution is -0.175. The van der Waals surface area contributed by atoms with E-state index < -0.39 is 36.0 Å². The van der Waals surface area contributed by atoms with Crippen molar-refractivity contribution >= 4 is 23.4 Å². The highest BCUT2D eigenvalue weighted by molar-refractivity contribution is 6.01. The first-order valence-corrected chi connectivity index (χ1v) is 10.7. The van der Waals surface area contributed by atoms with Gasteiger partial charge in [0, 0.05) is 12.2 Å². The molecule has 0 spiro atoms. The fourth-order valence-corrected chi connectivity index (χ4v) is 3.69. The molecule has 0 bridgehead atoms. The number of amides is 3. The van der Waals surface area contributed by atoms with E-state index in [2.05, 4.69) is 11.9 Å². The van der Waals surface area contributed by atoms with Gasteiger partial charge < -0.3 is 15.5 Å². The summed E-state index contributed by atoms with van der Waals surface area (Å²) in [5.41, 5.74) is 2.41. The average molecular weight is 454 g/mol. The van der Waals surface area contributed by atoms with Crippen LogP contribution < -0.4 is 15.5 Å². The van der Waals surface area contributed by atoms with E-state index in [1.54, 1.807) is 31.0 Å². The number of benzene rings is 1. The molecule has 1 aromatic carbocycles. The number of para-hydroxylation sites is 1. The largest absolute Gasteiger partial charge is 0.471 e. The molecule has 32 heavy (non-hydrogen) atoms. The molecule has 0 aliphatic carbocycles. The average Bonchev–Trinajstić information content (AvgIpc) is 2.74. The second-order valence-corrected chi connectivity index (χ2v) is 8.28. The molecular weight excluding hydrogens is 423 g/mol. The van der Waals surface area contributed by atoms with Gasteiger partial charge in [0.15, 0.2) is 0 Å². The summed E-state index contributed by atoms with van der Waals surface area (Å²) in [6.45, 7) is 9.25. The van der Waals surface area contributed by atoms with Gasteiger partial charge in [-0.25, -0.2) is 0 Å². The van der Waals surface area contributed by atoms with Gasteiger partial charge in [-0.3, -0.25) is 14.4 Å². The van der Waals surface area contributed by atoms with Gasteiger partial charge in [-0.2, -0.15) is 13.2 Å². The zero-order valence-corrected chi connectivity index (χ0v) is 18.6. The molecule has 0 unspecified atom stereocenters. The van der Waals surface area contributed by atoms with Gasteiger partial charge in [0.05, 0.1) is 0 Å². The van der Waals surface area contributed by atoms with Gasteiger partial charge in [0.2, 0.25) is 11.8 Å². The lowest BCUT2D eigenvalue weighted by Gasteiger charge is -2.33. The van der Waals surface area contributed by atoms with Crippen LogP contribution in [0.3, 0.4) is 0 Å². The van der Waals surface area contributed by atoms with Gasteiger partial charge in [-0.1, -0.05) is 44.0 Å². The van der Waals surface area contributed by atoms with Crippen molar-refractivity contribution in [3.05, 3.63) is 42.0 Å². The predicted octanol–water partition coefficient (Wildman–Crippen LogP) is 3.51. The van der Waals surface area contributed by atoms with Crippen LogP contribution in [0.4, 0.5) is 18.9 Å². The van der Waals surface area contributed by atoms with Crippen molar-refractivity contribution in [3.63, 3.8) is 0 Å². The number of carbonyl (C=O) groups excluding carboxylic acids is 3. The Morgan fingerprint density at radius 3 is 2.44 bits per heavy atom. The first kappa shape index (κ1) is 25.4. The van der Waals surface area contributed by atoms with Gasteiger partial charge >= 0.3 is 12.1 Å². The van der Waals surface area contributed by atoms with Crippen LogP contribution in [0, 0.1) is 5.92 Å². The molecule has 0 radical (unpaired) electrons. The molecule has 6 nitrogen and oxygen atoms in total. The number of aryl methyl sites for hydroxylation is 1. The van der Waals surface area contributed by atoms with Crippen LogP contribution in [-0.2, 0) is 20.8 Å². The minimum atomic E-state index is -5.11. The van der Waals surface area contributed by atoms with E-state index in [0.29, 0.717) is 18.5 Å². The Morgan fingerprint density at radius 1 is 1.19 bits per heavy atom. The van der Waals surface area contributed by atoms with E-state index >= 15 is 0 Å². The summed E-state index contributed by atoms with van der Waals surface area (Å²) in [4.78, 5) is 39.4. The number of nitrogens with zero attached hydrogens (tertiary/aromatic N) is 1. The highest BCUT2D eigenvalue weighted by Gasteiger charge is 2.42. The zero-order valence-electron chi connectivity index (χ0n) is 18.6. The third kappa shape index (κ3) is 6.34. The van der Waals surface area contributed by atoms with Crippen molar-refractivity contribution in [1.29, 1.82) is 0 Å². The second kappa shape index (κ2) is 10.7. The maximum Gasteiger partial charge on any atom is 0.471 e. The molecule has 9 heteroatoms. The molecule has 2 rings (SSSR count). The number of rotatable bonds is 8. The molecular formula is C23H30F3N3O3. The lowest BCUT2D eigenvalue weighted by atomic mass is 9.96. The number of anilines is 1. The molecule has 0 fully saturated rings. The first-order valence-electron chi connectivity index (χ1n) is 10.7. The maximum atomic E-state index is 13.4. The van der Waals surface area contributed by atoms with E-state index in [0.717, 1.165) is 24.1 Å². The van der Waals surface area contributed by atoms with E-state index in [-0.39, 0.29) is 12.3 Å². The van der Waals surface area contributed by atoms with Crippen molar-refractivity contribution in [3.8, 4) is 0 Å². The number of alkyl halides is 3. The normalized spacial score (nSPS) is 16.4. The molecule has 1 aromatic rings. The molecule has 0 saturated carbocycles. The standard InChI is InChI=1S/C23H30F3N3O3/c1-5-15(4)19(28-22(32)23(24,25)26)20(30)27-17(13-14(2)3)21(31)29-12-8-10-16-9-6-7-11-18(16)29/h6-7,9,11,15,17,19H,2,5,8,10,12-13H2,1,3-4H3,(H,27,30)(H,28,32)/t15-,17+,19-/m0/s1. The van der Waals surface area contributed by atoms with E-state index in [9.17, 15) is 27.6 Å². The lowest BCUT2D eigenvalue weighted by Crippen LogP contribution is -2.58. The molecule has 1 heterocycles. The zero-order chi connectivity index (χ0) is 24.1. The number of halogens is 3. The van der Waals surface area contributed by atoms with Crippen molar-refractivity contribution < 1.29 is 27.6 Å².